The number of amides is 1. The van der Waals surface area contributed by atoms with E-state index in [1.165, 1.54) is 16.4 Å². The molecule has 1 aliphatic heterocycles. The van der Waals surface area contributed by atoms with Crippen LogP contribution in [-0.2, 0) is 14.8 Å². The van der Waals surface area contributed by atoms with Crippen molar-refractivity contribution in [3.05, 3.63) is 42.5 Å². The van der Waals surface area contributed by atoms with Crippen LogP contribution in [-0.4, -0.2) is 62.3 Å². The van der Waals surface area contributed by atoms with Crippen LogP contribution in [0.5, 0.6) is 0 Å². The molecule has 1 fully saturated rings. The molecule has 1 aliphatic rings. The summed E-state index contributed by atoms with van der Waals surface area (Å²) in [5.74, 6) is -0.106. The Kier molecular flexibility index (Phi) is 6.31. The van der Waals surface area contributed by atoms with Gasteiger partial charge < -0.3 is 5.32 Å². The van der Waals surface area contributed by atoms with Crippen molar-refractivity contribution in [2.24, 2.45) is 0 Å². The lowest BCUT2D eigenvalue weighted by Crippen LogP contribution is -2.54. The number of hydrogen-bond acceptors (Lipinski definition) is 5. The van der Waals surface area contributed by atoms with Gasteiger partial charge in [0.15, 0.2) is 0 Å². The van der Waals surface area contributed by atoms with E-state index in [0.29, 0.717) is 19.6 Å². The van der Waals surface area contributed by atoms with Crippen molar-refractivity contribution >= 4 is 15.9 Å². The van der Waals surface area contributed by atoms with Crippen LogP contribution in [0.15, 0.2) is 41.8 Å². The van der Waals surface area contributed by atoms with Gasteiger partial charge in [-0.15, -0.1) is 6.58 Å². The number of nitrogens with zero attached hydrogens (tertiary/aromatic N) is 3. The molecule has 1 heterocycles. The minimum atomic E-state index is -3.72. The Morgan fingerprint density at radius 3 is 2.60 bits per heavy atom. The number of nitriles is 1. The van der Waals surface area contributed by atoms with E-state index in [2.05, 4.69) is 11.9 Å². The van der Waals surface area contributed by atoms with Crippen LogP contribution in [0.25, 0.3) is 0 Å². The van der Waals surface area contributed by atoms with Gasteiger partial charge in [-0.2, -0.15) is 9.57 Å². The number of benzene rings is 1. The summed E-state index contributed by atoms with van der Waals surface area (Å²) in [4.78, 5) is 14.0. The van der Waals surface area contributed by atoms with E-state index >= 15 is 0 Å². The molecule has 1 aromatic carbocycles. The molecule has 0 bridgehead atoms. The molecular formula is C17H22N4O3S. The number of piperazine rings is 1. The van der Waals surface area contributed by atoms with E-state index < -0.39 is 10.0 Å². The maximum absolute atomic E-state index is 12.8. The zero-order valence-corrected chi connectivity index (χ0v) is 15.0. The van der Waals surface area contributed by atoms with E-state index in [1.54, 1.807) is 25.1 Å². The van der Waals surface area contributed by atoms with E-state index in [0.717, 1.165) is 0 Å². The highest BCUT2D eigenvalue weighted by Gasteiger charge is 2.32. The molecule has 1 saturated heterocycles. The van der Waals surface area contributed by atoms with Crippen LogP contribution in [0.2, 0.25) is 0 Å². The van der Waals surface area contributed by atoms with E-state index in [1.807, 2.05) is 11.0 Å². The zero-order chi connectivity index (χ0) is 18.4. The number of hydrogen-bond donors (Lipinski definition) is 1. The monoisotopic (exact) mass is 362 g/mol. The summed E-state index contributed by atoms with van der Waals surface area (Å²) in [7, 11) is -3.72. The molecule has 134 valence electrons. The first-order valence-electron chi connectivity index (χ1n) is 8.03. The Morgan fingerprint density at radius 1 is 1.36 bits per heavy atom. The Hall–Kier alpha value is -2.21. The van der Waals surface area contributed by atoms with Gasteiger partial charge in [-0.25, -0.2) is 8.42 Å². The fraction of sp³-hybridized carbons (Fsp3) is 0.412. The molecule has 0 radical (unpaired) electrons. The second-order valence-electron chi connectivity index (χ2n) is 5.76. The van der Waals surface area contributed by atoms with Gasteiger partial charge in [0.1, 0.15) is 6.07 Å². The van der Waals surface area contributed by atoms with Crippen molar-refractivity contribution < 1.29 is 13.2 Å². The molecule has 0 aromatic heterocycles. The minimum absolute atomic E-state index is 0.0303. The second-order valence-corrected chi connectivity index (χ2v) is 7.66. The molecule has 1 N–H and O–H groups in total. The maximum Gasteiger partial charge on any atom is 0.244 e. The van der Waals surface area contributed by atoms with Crippen LogP contribution >= 0.6 is 0 Å². The summed E-state index contributed by atoms with van der Waals surface area (Å²) in [5, 5.41) is 11.9. The molecule has 1 amide bonds. The lowest BCUT2D eigenvalue weighted by molar-refractivity contribution is -0.126. The molecular weight excluding hydrogens is 340 g/mol. The summed E-state index contributed by atoms with van der Waals surface area (Å²) in [6, 6.07) is 7.78. The third kappa shape index (κ3) is 4.25. The van der Waals surface area contributed by atoms with Crippen molar-refractivity contribution in [2.45, 2.75) is 17.9 Å². The standard InChI is InChI=1S/C17H22N4O3S/c1-3-8-19-17(22)14(2)20-9-11-21(12-10-20)25(23,24)16-7-5-4-6-15(16)13-18/h3-7,14H,1,8-12H2,2H3,(H,19,22)/t14-/m0/s1. The van der Waals surface area contributed by atoms with Crippen LogP contribution in [0.4, 0.5) is 0 Å². The van der Waals surface area contributed by atoms with E-state index in [4.69, 9.17) is 5.26 Å². The Morgan fingerprint density at radius 2 is 2.00 bits per heavy atom. The second kappa shape index (κ2) is 8.25. The molecule has 0 spiro atoms. The minimum Gasteiger partial charge on any atom is -0.351 e. The molecule has 1 atom stereocenters. The average molecular weight is 362 g/mol. The summed E-state index contributed by atoms with van der Waals surface area (Å²) in [5.41, 5.74) is 0.141. The summed E-state index contributed by atoms with van der Waals surface area (Å²) in [6.45, 7) is 7.23. The normalized spacial score (nSPS) is 17.4. The van der Waals surface area contributed by atoms with Crippen molar-refractivity contribution in [2.75, 3.05) is 32.7 Å². The van der Waals surface area contributed by atoms with Gasteiger partial charge >= 0.3 is 0 Å². The molecule has 0 unspecified atom stereocenters. The molecule has 25 heavy (non-hydrogen) atoms. The van der Waals surface area contributed by atoms with Gasteiger partial charge in [-0.05, 0) is 19.1 Å². The van der Waals surface area contributed by atoms with Crippen LogP contribution in [0.3, 0.4) is 0 Å². The first kappa shape index (κ1) is 19.1. The molecule has 8 heteroatoms. The fourth-order valence-electron chi connectivity index (χ4n) is 2.74. The van der Waals surface area contributed by atoms with Gasteiger partial charge in [0.2, 0.25) is 15.9 Å². The quantitative estimate of drug-likeness (QED) is 0.746. The molecule has 0 aliphatic carbocycles. The molecule has 0 saturated carbocycles. The third-order valence-corrected chi connectivity index (χ3v) is 6.20. The Labute approximate surface area is 148 Å². The highest BCUT2D eigenvalue weighted by Crippen LogP contribution is 2.21. The van der Waals surface area contributed by atoms with Crippen molar-refractivity contribution in [3.63, 3.8) is 0 Å². The lowest BCUT2D eigenvalue weighted by atomic mass is 10.2. The van der Waals surface area contributed by atoms with Crippen LogP contribution < -0.4 is 5.32 Å². The number of carbonyl (C=O) groups is 1. The first-order chi connectivity index (χ1) is 11.9. The molecule has 2 rings (SSSR count). The van der Waals surface area contributed by atoms with Crippen LogP contribution in [0, 0.1) is 11.3 Å². The number of carbonyl (C=O) groups excluding carboxylic acids is 1. The zero-order valence-electron chi connectivity index (χ0n) is 14.2. The van der Waals surface area contributed by atoms with Crippen molar-refractivity contribution in [1.82, 2.24) is 14.5 Å². The van der Waals surface area contributed by atoms with E-state index in [9.17, 15) is 13.2 Å². The predicted molar refractivity (Wildman–Crippen MR) is 94.2 cm³/mol. The topological polar surface area (TPSA) is 93.5 Å². The maximum atomic E-state index is 12.8. The average Bonchev–Trinajstić information content (AvgIpc) is 2.65. The smallest absolute Gasteiger partial charge is 0.244 e. The molecule has 7 nitrogen and oxygen atoms in total. The van der Waals surface area contributed by atoms with Gasteiger partial charge in [0.25, 0.3) is 0 Å². The third-order valence-electron chi connectivity index (χ3n) is 4.25. The summed E-state index contributed by atoms with van der Waals surface area (Å²) in [6.07, 6.45) is 1.61. The molecule has 1 aromatic rings. The fourth-order valence-corrected chi connectivity index (χ4v) is 4.30. The van der Waals surface area contributed by atoms with Gasteiger partial charge in [-0.1, -0.05) is 18.2 Å². The lowest BCUT2D eigenvalue weighted by Gasteiger charge is -2.36. The first-order valence-corrected chi connectivity index (χ1v) is 9.47. The number of rotatable bonds is 6. The predicted octanol–water partition coefficient (Wildman–Crippen LogP) is 0.555. The Balaban J connectivity index is 2.05. The number of nitrogens with one attached hydrogen (secondary N) is 1. The highest BCUT2D eigenvalue weighted by molar-refractivity contribution is 7.89. The van der Waals surface area contributed by atoms with E-state index in [-0.39, 0.29) is 35.5 Å². The van der Waals surface area contributed by atoms with Gasteiger partial charge in [-0.3, -0.25) is 9.69 Å². The summed E-state index contributed by atoms with van der Waals surface area (Å²) < 4.78 is 26.9. The van der Waals surface area contributed by atoms with Crippen molar-refractivity contribution in [3.8, 4) is 6.07 Å². The largest absolute Gasteiger partial charge is 0.351 e. The van der Waals surface area contributed by atoms with Gasteiger partial charge in [0.05, 0.1) is 16.5 Å². The summed E-state index contributed by atoms with van der Waals surface area (Å²) >= 11 is 0. The number of sulfonamides is 1. The highest BCUT2D eigenvalue weighted by atomic mass is 32.2. The SMILES string of the molecule is C=CCNC(=O)[C@H](C)N1CCN(S(=O)(=O)c2ccccc2C#N)CC1. The Bertz CT molecular complexity index is 777. The van der Waals surface area contributed by atoms with Crippen molar-refractivity contribution in [1.29, 1.82) is 5.26 Å². The van der Waals surface area contributed by atoms with Gasteiger partial charge in [0, 0.05) is 32.7 Å². The van der Waals surface area contributed by atoms with Crippen LogP contribution in [0.1, 0.15) is 12.5 Å².